The summed E-state index contributed by atoms with van der Waals surface area (Å²) in [5, 5.41) is 0. The maximum Gasteiger partial charge on any atom is 0.409 e. The summed E-state index contributed by atoms with van der Waals surface area (Å²) in [6.07, 6.45) is 1.13. The van der Waals surface area contributed by atoms with E-state index in [2.05, 4.69) is 0 Å². The van der Waals surface area contributed by atoms with Crippen LogP contribution in [-0.4, -0.2) is 6.09 Å². The molecule has 1 saturated carbocycles. The lowest BCUT2D eigenvalue weighted by atomic mass is 10.0. The summed E-state index contributed by atoms with van der Waals surface area (Å²) in [5.41, 5.74) is 6.26. The third-order valence-electron chi connectivity index (χ3n) is 2.61. The number of rotatable bonds is 2. The third-order valence-corrected chi connectivity index (χ3v) is 2.61. The highest BCUT2D eigenvalue weighted by Crippen LogP contribution is 2.44. The van der Waals surface area contributed by atoms with E-state index in [-0.39, 0.29) is 11.7 Å². The molecule has 4 heteroatoms. The zero-order chi connectivity index (χ0) is 11.0. The number of nitrogens with two attached hydrogens (primary N) is 1. The first-order valence-electron chi connectivity index (χ1n) is 4.86. The highest BCUT2D eigenvalue weighted by Gasteiger charge is 2.29. The van der Waals surface area contributed by atoms with Gasteiger partial charge in [-0.25, -0.2) is 9.18 Å². The van der Waals surface area contributed by atoms with Gasteiger partial charge in [-0.15, -0.1) is 0 Å². The standard InChI is InChI=1S/C11H12FNO2/c1-6-9(15-11(13)14)5-4-8(12)10(6)7-2-3-7/h4-5,7H,2-3H2,1H3,(H2,13,14). The molecule has 3 nitrogen and oxygen atoms in total. The van der Waals surface area contributed by atoms with Gasteiger partial charge in [0.25, 0.3) is 0 Å². The minimum Gasteiger partial charge on any atom is -0.410 e. The summed E-state index contributed by atoms with van der Waals surface area (Å²) < 4.78 is 18.3. The van der Waals surface area contributed by atoms with E-state index in [1.54, 1.807) is 6.92 Å². The molecule has 0 bridgehead atoms. The summed E-state index contributed by atoms with van der Waals surface area (Å²) in [6.45, 7) is 1.75. The van der Waals surface area contributed by atoms with Crippen molar-refractivity contribution in [2.45, 2.75) is 25.7 Å². The van der Waals surface area contributed by atoms with Crippen LogP contribution in [0, 0.1) is 12.7 Å². The molecule has 1 aromatic carbocycles. The van der Waals surface area contributed by atoms with E-state index in [1.807, 2.05) is 0 Å². The Morgan fingerprint density at radius 2 is 2.20 bits per heavy atom. The Morgan fingerprint density at radius 3 is 2.73 bits per heavy atom. The molecule has 1 fully saturated rings. The lowest BCUT2D eigenvalue weighted by Gasteiger charge is -2.10. The van der Waals surface area contributed by atoms with Crippen molar-refractivity contribution in [3.05, 3.63) is 29.1 Å². The van der Waals surface area contributed by atoms with Crippen LogP contribution in [0.4, 0.5) is 9.18 Å². The molecule has 0 aliphatic heterocycles. The van der Waals surface area contributed by atoms with Gasteiger partial charge >= 0.3 is 6.09 Å². The molecule has 1 amide bonds. The van der Waals surface area contributed by atoms with Crippen LogP contribution in [0.1, 0.15) is 29.9 Å². The van der Waals surface area contributed by atoms with Gasteiger partial charge in [0.1, 0.15) is 11.6 Å². The van der Waals surface area contributed by atoms with Crippen molar-refractivity contribution >= 4 is 6.09 Å². The summed E-state index contributed by atoms with van der Waals surface area (Å²) in [7, 11) is 0. The van der Waals surface area contributed by atoms with Crippen molar-refractivity contribution < 1.29 is 13.9 Å². The van der Waals surface area contributed by atoms with Crippen molar-refractivity contribution in [3.8, 4) is 5.75 Å². The zero-order valence-electron chi connectivity index (χ0n) is 8.42. The third kappa shape index (κ3) is 1.93. The van der Waals surface area contributed by atoms with Gasteiger partial charge in [0.15, 0.2) is 0 Å². The molecule has 1 aliphatic rings. The first-order valence-corrected chi connectivity index (χ1v) is 4.86. The number of hydrogen-bond acceptors (Lipinski definition) is 2. The number of halogens is 1. The number of carbonyl (C=O) groups excluding carboxylic acids is 1. The van der Waals surface area contributed by atoms with Crippen LogP contribution in [0.25, 0.3) is 0 Å². The summed E-state index contributed by atoms with van der Waals surface area (Å²) in [6, 6.07) is 2.75. The van der Waals surface area contributed by atoms with E-state index in [1.165, 1.54) is 12.1 Å². The van der Waals surface area contributed by atoms with Gasteiger partial charge in [-0.05, 0) is 48.9 Å². The lowest BCUT2D eigenvalue weighted by Crippen LogP contribution is -2.17. The summed E-state index contributed by atoms with van der Waals surface area (Å²) in [5.74, 6) is 0.402. The minimum atomic E-state index is -0.869. The fourth-order valence-corrected chi connectivity index (χ4v) is 1.77. The van der Waals surface area contributed by atoms with Crippen LogP contribution in [-0.2, 0) is 0 Å². The maximum absolute atomic E-state index is 13.5. The van der Waals surface area contributed by atoms with Crippen molar-refractivity contribution in [1.29, 1.82) is 0 Å². The van der Waals surface area contributed by atoms with Gasteiger partial charge in [0.05, 0.1) is 0 Å². The second kappa shape index (κ2) is 3.53. The summed E-state index contributed by atoms with van der Waals surface area (Å²) >= 11 is 0. The summed E-state index contributed by atoms with van der Waals surface area (Å²) in [4.78, 5) is 10.6. The van der Waals surface area contributed by atoms with Gasteiger partial charge < -0.3 is 10.5 Å². The molecule has 80 valence electrons. The molecule has 0 spiro atoms. The molecule has 1 aliphatic carbocycles. The molecule has 0 heterocycles. The molecule has 2 N–H and O–H groups in total. The number of carbonyl (C=O) groups is 1. The van der Waals surface area contributed by atoms with Crippen LogP contribution in [0.2, 0.25) is 0 Å². The highest BCUT2D eigenvalue weighted by molar-refractivity contribution is 5.69. The van der Waals surface area contributed by atoms with E-state index < -0.39 is 6.09 Å². The Kier molecular flexibility index (Phi) is 2.34. The SMILES string of the molecule is Cc1c(OC(N)=O)ccc(F)c1C1CC1. The molecule has 0 aromatic heterocycles. The molecule has 0 unspecified atom stereocenters. The Hall–Kier alpha value is -1.58. The second-order valence-electron chi connectivity index (χ2n) is 3.78. The smallest absolute Gasteiger partial charge is 0.409 e. The van der Waals surface area contributed by atoms with E-state index in [9.17, 15) is 9.18 Å². The lowest BCUT2D eigenvalue weighted by molar-refractivity contribution is 0.210. The predicted octanol–water partition coefficient (Wildman–Crippen LogP) is 2.47. The van der Waals surface area contributed by atoms with E-state index >= 15 is 0 Å². The monoisotopic (exact) mass is 209 g/mol. The van der Waals surface area contributed by atoms with Crippen LogP contribution in [0.5, 0.6) is 5.75 Å². The molecular formula is C11H12FNO2. The number of amides is 1. The molecule has 0 radical (unpaired) electrons. The predicted molar refractivity (Wildman–Crippen MR) is 53.3 cm³/mol. The molecule has 15 heavy (non-hydrogen) atoms. The first kappa shape index (κ1) is 9.96. The van der Waals surface area contributed by atoms with E-state index in [0.29, 0.717) is 16.9 Å². The fraction of sp³-hybridized carbons (Fsp3) is 0.364. The number of benzene rings is 1. The Balaban J connectivity index is 2.40. The van der Waals surface area contributed by atoms with Crippen LogP contribution < -0.4 is 10.5 Å². The van der Waals surface area contributed by atoms with Crippen LogP contribution in [0.3, 0.4) is 0 Å². The number of hydrogen-bond donors (Lipinski definition) is 1. The van der Waals surface area contributed by atoms with Gasteiger partial charge in [-0.1, -0.05) is 0 Å². The quantitative estimate of drug-likeness (QED) is 0.813. The van der Waals surface area contributed by atoms with Gasteiger partial charge in [0.2, 0.25) is 0 Å². The van der Waals surface area contributed by atoms with Crippen LogP contribution in [0.15, 0.2) is 12.1 Å². The van der Waals surface area contributed by atoms with Gasteiger partial charge in [0, 0.05) is 0 Å². The number of primary amides is 1. The van der Waals surface area contributed by atoms with Crippen LogP contribution >= 0.6 is 0 Å². The topological polar surface area (TPSA) is 52.3 Å². The van der Waals surface area contributed by atoms with Crippen molar-refractivity contribution in [2.75, 3.05) is 0 Å². The molecule has 2 rings (SSSR count). The Labute approximate surface area is 87.0 Å². The largest absolute Gasteiger partial charge is 0.410 e. The Bertz CT molecular complexity index is 413. The number of ether oxygens (including phenoxy) is 1. The molecular weight excluding hydrogens is 197 g/mol. The van der Waals surface area contributed by atoms with Crippen molar-refractivity contribution in [3.63, 3.8) is 0 Å². The van der Waals surface area contributed by atoms with E-state index in [4.69, 9.17) is 10.5 Å². The average molecular weight is 209 g/mol. The van der Waals surface area contributed by atoms with Crippen molar-refractivity contribution in [1.82, 2.24) is 0 Å². The Morgan fingerprint density at radius 1 is 1.53 bits per heavy atom. The highest BCUT2D eigenvalue weighted by atomic mass is 19.1. The molecule has 1 aromatic rings. The van der Waals surface area contributed by atoms with Gasteiger partial charge in [-0.2, -0.15) is 0 Å². The first-order chi connectivity index (χ1) is 7.09. The minimum absolute atomic E-state index is 0.230. The zero-order valence-corrected chi connectivity index (χ0v) is 8.42. The molecule has 0 atom stereocenters. The molecule has 0 saturated heterocycles. The van der Waals surface area contributed by atoms with Crippen molar-refractivity contribution in [2.24, 2.45) is 5.73 Å². The van der Waals surface area contributed by atoms with Gasteiger partial charge in [-0.3, -0.25) is 0 Å². The average Bonchev–Trinajstić information content (AvgIpc) is 2.94. The van der Waals surface area contributed by atoms with E-state index in [0.717, 1.165) is 12.8 Å². The fourth-order valence-electron chi connectivity index (χ4n) is 1.77. The normalized spacial score (nSPS) is 15.1. The second-order valence-corrected chi connectivity index (χ2v) is 3.78. The maximum atomic E-state index is 13.5.